The highest BCUT2D eigenvalue weighted by Gasteiger charge is 2.42. The molecule has 0 radical (unpaired) electrons. The fourth-order valence-corrected chi connectivity index (χ4v) is 5.35. The maximum Gasteiger partial charge on any atom is 0.270 e. The Bertz CT molecular complexity index is 1570. The molecule has 0 bridgehead atoms. The molecule has 2 amide bonds. The largest absolute Gasteiger partial charge is 0.318 e. The van der Waals surface area contributed by atoms with E-state index in [4.69, 9.17) is 23.8 Å². The fourth-order valence-electron chi connectivity index (χ4n) is 4.86. The average molecular weight is 540 g/mol. The number of halogens is 1. The summed E-state index contributed by atoms with van der Waals surface area (Å²) >= 11 is 11.9. The number of para-hydroxylation sites is 2. The highest BCUT2D eigenvalue weighted by Crippen LogP contribution is 2.33. The summed E-state index contributed by atoms with van der Waals surface area (Å²) in [6, 6.07) is 24.6. The van der Waals surface area contributed by atoms with Crippen molar-refractivity contribution in [3.8, 4) is 5.69 Å². The minimum absolute atomic E-state index is 0.0430. The van der Waals surface area contributed by atoms with E-state index >= 15 is 0 Å². The number of aryl methyl sites for hydroxylation is 3. The van der Waals surface area contributed by atoms with Crippen LogP contribution in [0.2, 0.25) is 5.02 Å². The first-order valence-corrected chi connectivity index (χ1v) is 13.0. The van der Waals surface area contributed by atoms with Crippen molar-refractivity contribution in [2.45, 2.75) is 27.7 Å². The maximum atomic E-state index is 14.0. The number of aromatic nitrogens is 1. The molecular weight excluding hydrogens is 514 g/mol. The van der Waals surface area contributed by atoms with Gasteiger partial charge >= 0.3 is 0 Å². The van der Waals surface area contributed by atoms with Crippen LogP contribution in [0.1, 0.15) is 28.1 Å². The van der Waals surface area contributed by atoms with Gasteiger partial charge in [-0.2, -0.15) is 0 Å². The van der Waals surface area contributed by atoms with Gasteiger partial charge in [-0.25, -0.2) is 0 Å². The zero-order valence-electron chi connectivity index (χ0n) is 21.5. The van der Waals surface area contributed by atoms with E-state index in [1.54, 1.807) is 6.08 Å². The van der Waals surface area contributed by atoms with Gasteiger partial charge in [-0.3, -0.25) is 19.4 Å². The number of hydrogen-bond acceptors (Lipinski definition) is 3. The zero-order valence-corrected chi connectivity index (χ0v) is 23.1. The Labute approximate surface area is 232 Å². The lowest BCUT2D eigenvalue weighted by molar-refractivity contribution is -0.120. The molecule has 5 rings (SSSR count). The molecule has 3 aromatic carbocycles. The van der Waals surface area contributed by atoms with E-state index in [0.717, 1.165) is 33.8 Å². The Hall–Kier alpha value is -4.00. The van der Waals surface area contributed by atoms with E-state index in [9.17, 15) is 9.59 Å². The Morgan fingerprint density at radius 1 is 0.737 bits per heavy atom. The highest BCUT2D eigenvalue weighted by molar-refractivity contribution is 7.81. The minimum atomic E-state index is -0.449. The Balaban J connectivity index is 1.68. The number of nitrogens with zero attached hydrogens (tertiary/aromatic N) is 3. The second-order valence-electron chi connectivity index (χ2n) is 9.33. The van der Waals surface area contributed by atoms with Gasteiger partial charge in [0, 0.05) is 22.1 Å². The first-order valence-electron chi connectivity index (χ1n) is 12.2. The van der Waals surface area contributed by atoms with Crippen molar-refractivity contribution >= 4 is 58.2 Å². The molecule has 0 aliphatic carbocycles. The normalized spacial score (nSPS) is 13.9. The molecule has 7 heteroatoms. The smallest absolute Gasteiger partial charge is 0.270 e. The standard InChI is InChI=1S/C31H26ClN3O2S/c1-19-9-5-7-11-27(19)34-29(36)26(30(37)35(31(34)38)28-12-8-6-10-20(28)2)18-23-17-21(3)33(22(23)4)25-15-13-24(32)14-16-25/h5-18H,1-4H3. The summed E-state index contributed by atoms with van der Waals surface area (Å²) in [5.41, 5.74) is 6.67. The highest BCUT2D eigenvalue weighted by atomic mass is 35.5. The lowest BCUT2D eigenvalue weighted by atomic mass is 10.0. The van der Waals surface area contributed by atoms with E-state index in [1.165, 1.54) is 9.80 Å². The quantitative estimate of drug-likeness (QED) is 0.158. The number of benzene rings is 3. The molecule has 0 spiro atoms. The minimum Gasteiger partial charge on any atom is -0.318 e. The van der Waals surface area contributed by atoms with Crippen LogP contribution in [0, 0.1) is 27.7 Å². The molecule has 0 unspecified atom stereocenters. The van der Waals surface area contributed by atoms with E-state index in [2.05, 4.69) is 4.57 Å². The van der Waals surface area contributed by atoms with Crippen molar-refractivity contribution in [2.24, 2.45) is 0 Å². The Kier molecular flexibility index (Phi) is 6.78. The molecule has 1 aliphatic heterocycles. The van der Waals surface area contributed by atoms with Crippen molar-refractivity contribution in [3.63, 3.8) is 0 Å². The summed E-state index contributed by atoms with van der Waals surface area (Å²) in [4.78, 5) is 30.9. The van der Waals surface area contributed by atoms with Crippen LogP contribution < -0.4 is 9.80 Å². The molecule has 5 nitrogen and oxygen atoms in total. The lowest BCUT2D eigenvalue weighted by Crippen LogP contribution is -2.57. The predicted molar refractivity (Wildman–Crippen MR) is 158 cm³/mol. The van der Waals surface area contributed by atoms with E-state index in [-0.39, 0.29) is 10.7 Å². The van der Waals surface area contributed by atoms with Gasteiger partial charge in [-0.05, 0) is 105 Å². The van der Waals surface area contributed by atoms with Crippen LogP contribution in [0.3, 0.4) is 0 Å². The Morgan fingerprint density at radius 2 is 1.24 bits per heavy atom. The molecule has 0 saturated carbocycles. The summed E-state index contributed by atoms with van der Waals surface area (Å²) in [5, 5.41) is 0.785. The summed E-state index contributed by atoms with van der Waals surface area (Å²) in [6.07, 6.45) is 1.68. The summed E-state index contributed by atoms with van der Waals surface area (Å²) in [6.45, 7) is 7.79. The second kappa shape index (κ2) is 10.0. The van der Waals surface area contributed by atoms with E-state index < -0.39 is 11.8 Å². The van der Waals surface area contributed by atoms with Crippen molar-refractivity contribution in [1.82, 2.24) is 4.57 Å². The van der Waals surface area contributed by atoms with E-state index in [0.29, 0.717) is 16.4 Å². The number of rotatable bonds is 4. The number of amides is 2. The molecule has 1 aromatic heterocycles. The molecular formula is C31H26ClN3O2S. The number of hydrogen-bond donors (Lipinski definition) is 0. The second-order valence-corrected chi connectivity index (χ2v) is 10.1. The van der Waals surface area contributed by atoms with Crippen molar-refractivity contribution in [3.05, 3.63) is 118 Å². The number of anilines is 2. The SMILES string of the molecule is Cc1ccccc1N1C(=O)C(=Cc2cc(C)n(-c3ccc(Cl)cc3)c2C)C(=O)N(c2ccccc2C)C1=S. The molecule has 1 fully saturated rings. The number of carbonyl (C=O) groups excluding carboxylic acids is 2. The van der Waals surface area contributed by atoms with Gasteiger partial charge in [0.25, 0.3) is 11.8 Å². The molecule has 0 atom stereocenters. The molecule has 0 N–H and O–H groups in total. The molecule has 1 aliphatic rings. The van der Waals surface area contributed by atoms with Crippen LogP contribution in [0.15, 0.2) is 84.4 Å². The summed E-state index contributed by atoms with van der Waals surface area (Å²) in [5.74, 6) is -0.897. The molecule has 38 heavy (non-hydrogen) atoms. The van der Waals surface area contributed by atoms with Crippen LogP contribution in [-0.2, 0) is 9.59 Å². The van der Waals surface area contributed by atoms with Gasteiger partial charge in [0.1, 0.15) is 5.57 Å². The topological polar surface area (TPSA) is 45.6 Å². The molecule has 190 valence electrons. The van der Waals surface area contributed by atoms with Crippen LogP contribution in [0.5, 0.6) is 0 Å². The van der Waals surface area contributed by atoms with Crippen LogP contribution >= 0.6 is 23.8 Å². The van der Waals surface area contributed by atoms with Gasteiger partial charge in [-0.15, -0.1) is 0 Å². The third-order valence-electron chi connectivity index (χ3n) is 6.82. The monoisotopic (exact) mass is 539 g/mol. The fraction of sp³-hybridized carbons (Fsp3) is 0.129. The average Bonchev–Trinajstić information content (AvgIpc) is 3.17. The molecule has 2 heterocycles. The predicted octanol–water partition coefficient (Wildman–Crippen LogP) is 7.11. The van der Waals surface area contributed by atoms with Crippen LogP contribution in [0.4, 0.5) is 11.4 Å². The molecule has 4 aromatic rings. The summed E-state index contributed by atoms with van der Waals surface area (Å²) in [7, 11) is 0. The first kappa shape index (κ1) is 25.6. The number of carbonyl (C=O) groups is 2. The van der Waals surface area contributed by atoms with Gasteiger partial charge in [0.15, 0.2) is 5.11 Å². The van der Waals surface area contributed by atoms with Gasteiger partial charge in [0.2, 0.25) is 0 Å². The summed E-state index contributed by atoms with van der Waals surface area (Å²) < 4.78 is 2.07. The zero-order chi connectivity index (χ0) is 27.1. The third kappa shape index (κ3) is 4.36. The van der Waals surface area contributed by atoms with Crippen LogP contribution in [-0.4, -0.2) is 21.5 Å². The third-order valence-corrected chi connectivity index (χ3v) is 7.43. The number of thiocarbonyl (C=S) groups is 1. The van der Waals surface area contributed by atoms with Gasteiger partial charge in [-0.1, -0.05) is 48.0 Å². The first-order chi connectivity index (χ1) is 18.2. The van der Waals surface area contributed by atoms with Crippen LogP contribution in [0.25, 0.3) is 11.8 Å². The van der Waals surface area contributed by atoms with Crippen molar-refractivity contribution in [2.75, 3.05) is 9.80 Å². The van der Waals surface area contributed by atoms with Crippen molar-refractivity contribution in [1.29, 1.82) is 0 Å². The lowest BCUT2D eigenvalue weighted by Gasteiger charge is -2.37. The van der Waals surface area contributed by atoms with Gasteiger partial charge in [0.05, 0.1) is 11.4 Å². The van der Waals surface area contributed by atoms with Gasteiger partial charge < -0.3 is 4.57 Å². The Morgan fingerprint density at radius 3 is 1.74 bits per heavy atom. The molecule has 1 saturated heterocycles. The van der Waals surface area contributed by atoms with E-state index in [1.807, 2.05) is 107 Å². The maximum absolute atomic E-state index is 14.0. The van der Waals surface area contributed by atoms with Crippen molar-refractivity contribution < 1.29 is 9.59 Å².